The first-order valence-corrected chi connectivity index (χ1v) is 4.09. The van der Waals surface area contributed by atoms with Gasteiger partial charge >= 0.3 is 0 Å². The van der Waals surface area contributed by atoms with Gasteiger partial charge in [0.1, 0.15) is 0 Å². The fourth-order valence-electron chi connectivity index (χ4n) is 1.49. The van der Waals surface area contributed by atoms with Gasteiger partial charge in [-0.1, -0.05) is 13.8 Å². The van der Waals surface area contributed by atoms with Crippen molar-refractivity contribution < 1.29 is 14.9 Å². The van der Waals surface area contributed by atoms with E-state index in [0.717, 1.165) is 0 Å². The van der Waals surface area contributed by atoms with Crippen molar-refractivity contribution in [3.8, 4) is 0 Å². The largest absolute Gasteiger partial charge is 0.394 e. The molecule has 1 aliphatic rings. The molecule has 0 amide bonds. The summed E-state index contributed by atoms with van der Waals surface area (Å²) < 4.78 is 5.38. The van der Waals surface area contributed by atoms with E-state index in [9.17, 15) is 5.11 Å². The standard InChI is InChI=1S/C8H16O3/c1-5(2)8-7(10)3-6(4-9)11-8/h5-10H,3-4H2,1-2H3/t6-,7-,8+/m1/s1. The number of ether oxygens (including phenoxy) is 1. The lowest BCUT2D eigenvalue weighted by molar-refractivity contribution is -0.0320. The van der Waals surface area contributed by atoms with Crippen LogP contribution in [-0.4, -0.2) is 35.1 Å². The van der Waals surface area contributed by atoms with Crippen LogP contribution in [0.5, 0.6) is 0 Å². The molecule has 1 saturated heterocycles. The molecule has 0 saturated carbocycles. The van der Waals surface area contributed by atoms with E-state index in [1.807, 2.05) is 13.8 Å². The third-order valence-corrected chi connectivity index (χ3v) is 2.09. The van der Waals surface area contributed by atoms with Crippen LogP contribution in [0.4, 0.5) is 0 Å². The van der Waals surface area contributed by atoms with Crippen molar-refractivity contribution in [1.82, 2.24) is 0 Å². The average molecular weight is 160 g/mol. The maximum atomic E-state index is 9.42. The summed E-state index contributed by atoms with van der Waals surface area (Å²) in [6, 6.07) is 0. The van der Waals surface area contributed by atoms with Gasteiger partial charge in [0.2, 0.25) is 0 Å². The predicted molar refractivity (Wildman–Crippen MR) is 41.2 cm³/mol. The van der Waals surface area contributed by atoms with Crippen LogP contribution < -0.4 is 0 Å². The second kappa shape index (κ2) is 3.52. The van der Waals surface area contributed by atoms with Crippen LogP contribution in [0.1, 0.15) is 20.3 Å². The molecule has 3 atom stereocenters. The van der Waals surface area contributed by atoms with E-state index in [0.29, 0.717) is 12.3 Å². The molecule has 11 heavy (non-hydrogen) atoms. The van der Waals surface area contributed by atoms with E-state index in [4.69, 9.17) is 9.84 Å². The molecule has 0 aromatic rings. The highest BCUT2D eigenvalue weighted by Crippen LogP contribution is 2.25. The summed E-state index contributed by atoms with van der Waals surface area (Å²) in [7, 11) is 0. The molecule has 2 N–H and O–H groups in total. The summed E-state index contributed by atoms with van der Waals surface area (Å²) in [4.78, 5) is 0. The van der Waals surface area contributed by atoms with E-state index in [1.165, 1.54) is 0 Å². The van der Waals surface area contributed by atoms with Crippen LogP contribution in [0.15, 0.2) is 0 Å². The van der Waals surface area contributed by atoms with E-state index < -0.39 is 6.10 Å². The Labute approximate surface area is 67.0 Å². The number of aliphatic hydroxyl groups excluding tert-OH is 2. The van der Waals surface area contributed by atoms with Crippen LogP contribution in [-0.2, 0) is 4.74 Å². The minimum Gasteiger partial charge on any atom is -0.394 e. The van der Waals surface area contributed by atoms with Gasteiger partial charge in [-0.15, -0.1) is 0 Å². The monoisotopic (exact) mass is 160 g/mol. The molecule has 0 radical (unpaired) electrons. The van der Waals surface area contributed by atoms with Gasteiger partial charge in [-0.3, -0.25) is 0 Å². The summed E-state index contributed by atoms with van der Waals surface area (Å²) in [6.07, 6.45) is -0.0731. The Morgan fingerprint density at radius 2 is 2.18 bits per heavy atom. The van der Waals surface area contributed by atoms with Gasteiger partial charge in [0, 0.05) is 6.42 Å². The zero-order valence-electron chi connectivity index (χ0n) is 7.03. The lowest BCUT2D eigenvalue weighted by Gasteiger charge is -2.17. The Morgan fingerprint density at radius 1 is 1.55 bits per heavy atom. The zero-order chi connectivity index (χ0) is 8.43. The molecule has 3 nitrogen and oxygen atoms in total. The quantitative estimate of drug-likeness (QED) is 0.604. The molecule has 0 unspecified atom stereocenters. The van der Waals surface area contributed by atoms with E-state index in [1.54, 1.807) is 0 Å². The second-order valence-corrected chi connectivity index (χ2v) is 3.45. The first-order valence-electron chi connectivity index (χ1n) is 4.09. The third kappa shape index (κ3) is 1.92. The molecule has 0 aliphatic carbocycles. The zero-order valence-corrected chi connectivity index (χ0v) is 7.03. The van der Waals surface area contributed by atoms with E-state index in [-0.39, 0.29) is 18.8 Å². The van der Waals surface area contributed by atoms with Gasteiger partial charge in [-0.25, -0.2) is 0 Å². The summed E-state index contributed by atoms with van der Waals surface area (Å²) in [6.45, 7) is 4.03. The first-order chi connectivity index (χ1) is 5.15. The Balaban J connectivity index is 2.45. The predicted octanol–water partition coefficient (Wildman–Crippen LogP) is 0.153. The van der Waals surface area contributed by atoms with Crippen LogP contribution in [0.3, 0.4) is 0 Å². The molecule has 1 heterocycles. The van der Waals surface area contributed by atoms with Crippen molar-refractivity contribution in [3.05, 3.63) is 0 Å². The maximum Gasteiger partial charge on any atom is 0.0862 e. The van der Waals surface area contributed by atoms with Crippen molar-refractivity contribution >= 4 is 0 Å². The Bertz CT molecular complexity index is 125. The van der Waals surface area contributed by atoms with Crippen molar-refractivity contribution in [1.29, 1.82) is 0 Å². The normalized spacial score (nSPS) is 38.5. The summed E-state index contributed by atoms with van der Waals surface area (Å²) in [5.74, 6) is 0.321. The van der Waals surface area contributed by atoms with Gasteiger partial charge < -0.3 is 14.9 Å². The van der Waals surface area contributed by atoms with Gasteiger partial charge in [0.15, 0.2) is 0 Å². The molecule has 0 aromatic carbocycles. The molecule has 66 valence electrons. The van der Waals surface area contributed by atoms with Gasteiger partial charge in [-0.05, 0) is 5.92 Å². The summed E-state index contributed by atoms with van der Waals surface area (Å²) in [5.41, 5.74) is 0. The molecule has 0 spiro atoms. The molecule has 1 aliphatic heterocycles. The summed E-state index contributed by atoms with van der Waals surface area (Å²) in [5, 5.41) is 18.2. The lowest BCUT2D eigenvalue weighted by Crippen LogP contribution is -2.26. The lowest BCUT2D eigenvalue weighted by atomic mass is 10.0. The molecule has 3 heteroatoms. The summed E-state index contributed by atoms with van der Waals surface area (Å²) >= 11 is 0. The van der Waals surface area contributed by atoms with Crippen molar-refractivity contribution in [2.45, 2.75) is 38.6 Å². The van der Waals surface area contributed by atoms with E-state index in [2.05, 4.69) is 0 Å². The average Bonchev–Trinajstić information content (AvgIpc) is 2.30. The van der Waals surface area contributed by atoms with Crippen LogP contribution in [0.25, 0.3) is 0 Å². The highest BCUT2D eigenvalue weighted by molar-refractivity contribution is 4.83. The first kappa shape index (κ1) is 8.97. The topological polar surface area (TPSA) is 49.7 Å². The highest BCUT2D eigenvalue weighted by Gasteiger charge is 2.34. The molecule has 0 bridgehead atoms. The van der Waals surface area contributed by atoms with Crippen molar-refractivity contribution in [2.24, 2.45) is 5.92 Å². The van der Waals surface area contributed by atoms with Gasteiger partial charge in [0.05, 0.1) is 24.9 Å². The van der Waals surface area contributed by atoms with Crippen LogP contribution in [0.2, 0.25) is 0 Å². The van der Waals surface area contributed by atoms with Crippen LogP contribution in [0, 0.1) is 5.92 Å². The molecule has 1 rings (SSSR count). The van der Waals surface area contributed by atoms with Crippen molar-refractivity contribution in [2.75, 3.05) is 6.61 Å². The van der Waals surface area contributed by atoms with Crippen LogP contribution >= 0.6 is 0 Å². The fraction of sp³-hybridized carbons (Fsp3) is 1.00. The third-order valence-electron chi connectivity index (χ3n) is 2.09. The molecule has 1 fully saturated rings. The van der Waals surface area contributed by atoms with E-state index >= 15 is 0 Å². The minimum absolute atomic E-state index is 0.0142. The highest BCUT2D eigenvalue weighted by atomic mass is 16.5. The number of hydrogen-bond acceptors (Lipinski definition) is 3. The number of rotatable bonds is 2. The molecular weight excluding hydrogens is 144 g/mol. The maximum absolute atomic E-state index is 9.42. The second-order valence-electron chi connectivity index (χ2n) is 3.45. The molecular formula is C8H16O3. The Hall–Kier alpha value is -0.120. The van der Waals surface area contributed by atoms with Crippen molar-refractivity contribution in [3.63, 3.8) is 0 Å². The smallest absolute Gasteiger partial charge is 0.0862 e. The SMILES string of the molecule is CC(C)[C@@H]1O[C@@H](CO)C[C@H]1O. The Kier molecular flexibility index (Phi) is 2.87. The fourth-order valence-corrected chi connectivity index (χ4v) is 1.49. The number of aliphatic hydroxyl groups is 2. The van der Waals surface area contributed by atoms with Gasteiger partial charge in [0.25, 0.3) is 0 Å². The Morgan fingerprint density at radius 3 is 2.45 bits per heavy atom. The van der Waals surface area contributed by atoms with Gasteiger partial charge in [-0.2, -0.15) is 0 Å². The number of hydrogen-bond donors (Lipinski definition) is 2. The molecule has 0 aromatic heterocycles. The minimum atomic E-state index is -0.396.